The molecule has 8 nitrogen and oxygen atoms in total. The summed E-state index contributed by atoms with van der Waals surface area (Å²) >= 11 is 1.07. The van der Waals surface area contributed by atoms with E-state index in [1.807, 2.05) is 103 Å². The minimum Gasteiger partial charge on any atom is -0.487 e. The van der Waals surface area contributed by atoms with E-state index in [0.717, 1.165) is 28.5 Å². The minimum atomic E-state index is -0.430. The van der Waals surface area contributed by atoms with Crippen LogP contribution in [0.5, 0.6) is 5.75 Å². The van der Waals surface area contributed by atoms with Crippen molar-refractivity contribution in [2.45, 2.75) is 31.2 Å². The summed E-state index contributed by atoms with van der Waals surface area (Å²) in [6, 6.07) is 27.5. The van der Waals surface area contributed by atoms with E-state index in [9.17, 15) is 9.59 Å². The van der Waals surface area contributed by atoms with Crippen LogP contribution in [0, 0.1) is 0 Å². The van der Waals surface area contributed by atoms with Crippen molar-refractivity contribution >= 4 is 47.2 Å². The lowest BCUT2D eigenvalue weighted by Gasteiger charge is -2.12. The largest absolute Gasteiger partial charge is 0.487 e. The van der Waals surface area contributed by atoms with E-state index in [-0.39, 0.29) is 24.3 Å². The summed E-state index contributed by atoms with van der Waals surface area (Å²) < 4.78 is 16.9. The van der Waals surface area contributed by atoms with Crippen molar-refractivity contribution in [3.63, 3.8) is 0 Å². The van der Waals surface area contributed by atoms with Gasteiger partial charge in [-0.3, -0.25) is 14.5 Å². The first-order valence-electron chi connectivity index (χ1n) is 14.2. The van der Waals surface area contributed by atoms with Crippen LogP contribution in [0.2, 0.25) is 0 Å². The number of benzene rings is 3. The van der Waals surface area contributed by atoms with Gasteiger partial charge in [0.1, 0.15) is 30.6 Å². The van der Waals surface area contributed by atoms with Gasteiger partial charge in [-0.25, -0.2) is 9.97 Å². The van der Waals surface area contributed by atoms with Crippen molar-refractivity contribution in [3.8, 4) is 5.75 Å². The van der Waals surface area contributed by atoms with Crippen molar-refractivity contribution in [1.82, 2.24) is 14.9 Å². The molecule has 5 aromatic rings. The molecule has 1 atom stereocenters. The van der Waals surface area contributed by atoms with Gasteiger partial charge in [0.2, 0.25) is 17.7 Å². The van der Waals surface area contributed by atoms with Gasteiger partial charge in [-0.1, -0.05) is 84.6 Å². The third-order valence-electron chi connectivity index (χ3n) is 6.91. The van der Waals surface area contributed by atoms with E-state index in [2.05, 4.69) is 9.97 Å². The summed E-state index contributed by atoms with van der Waals surface area (Å²) in [5, 5.41) is -0.695. The van der Waals surface area contributed by atoms with Crippen LogP contribution in [0.1, 0.15) is 46.3 Å². The number of thioether (sulfide) groups is 1. The number of oxazole rings is 2. The second-order valence-electron chi connectivity index (χ2n) is 10.1. The predicted octanol–water partition coefficient (Wildman–Crippen LogP) is 7.78. The van der Waals surface area contributed by atoms with E-state index in [4.69, 9.17) is 13.6 Å². The summed E-state index contributed by atoms with van der Waals surface area (Å²) in [5.74, 6) is 1.44. The quantitative estimate of drug-likeness (QED) is 0.143. The molecule has 1 aliphatic rings. The number of imide groups is 1. The number of aryl methyl sites for hydroxylation is 1. The molecular weight excluding hydrogens is 574 g/mol. The highest BCUT2D eigenvalue weighted by Gasteiger charge is 2.39. The monoisotopic (exact) mass is 603 g/mol. The van der Waals surface area contributed by atoms with Crippen molar-refractivity contribution in [1.29, 1.82) is 0 Å². The van der Waals surface area contributed by atoms with Crippen LogP contribution < -0.4 is 4.74 Å². The number of hydrogen-bond donors (Lipinski definition) is 0. The maximum absolute atomic E-state index is 13.0. The smallest absolute Gasteiger partial charge is 0.289 e. The fraction of sp³-hybridized carbons (Fsp3) is 0.143. The lowest BCUT2D eigenvalue weighted by Crippen LogP contribution is -2.31. The summed E-state index contributed by atoms with van der Waals surface area (Å²) in [5.41, 5.74) is 4.36. The van der Waals surface area contributed by atoms with E-state index in [0.29, 0.717) is 41.8 Å². The first-order chi connectivity index (χ1) is 21.6. The lowest BCUT2D eigenvalue weighted by atomic mass is 10.1. The molecule has 1 aliphatic heterocycles. The van der Waals surface area contributed by atoms with Crippen LogP contribution >= 0.6 is 11.8 Å². The highest BCUT2D eigenvalue weighted by atomic mass is 32.2. The standard InChI is InChI=1S/C35H29N3O5S/c39-34-31(44-35(40)38(34)21-28-22-42-32(36-28)19-14-25-7-3-1-4-8-25)18-13-27-11-16-30(17-12-27)41-23-29-24-43-33(37-29)20-15-26-9-5-2-6-10-26/h1-12,14-17,19-20,22,24,31H,13,18,21,23H2. The van der Waals surface area contributed by atoms with Gasteiger partial charge in [0.05, 0.1) is 17.5 Å². The summed E-state index contributed by atoms with van der Waals surface area (Å²) in [7, 11) is 0. The Morgan fingerprint density at radius 3 is 1.98 bits per heavy atom. The zero-order valence-corrected chi connectivity index (χ0v) is 24.6. The number of nitrogens with zero attached hydrogens (tertiary/aromatic N) is 3. The lowest BCUT2D eigenvalue weighted by molar-refractivity contribution is -0.127. The molecule has 0 aliphatic carbocycles. The van der Waals surface area contributed by atoms with Crippen LogP contribution in [0.4, 0.5) is 4.79 Å². The molecule has 1 unspecified atom stereocenters. The Labute approximate surface area is 259 Å². The fourth-order valence-electron chi connectivity index (χ4n) is 4.59. The Morgan fingerprint density at radius 2 is 1.34 bits per heavy atom. The molecule has 1 fully saturated rings. The number of aromatic nitrogens is 2. The highest BCUT2D eigenvalue weighted by molar-refractivity contribution is 8.15. The van der Waals surface area contributed by atoms with Crippen LogP contribution in [-0.4, -0.2) is 31.3 Å². The molecule has 0 saturated carbocycles. The van der Waals surface area contributed by atoms with E-state index in [1.165, 1.54) is 11.2 Å². The zero-order chi connectivity index (χ0) is 30.1. The average molecular weight is 604 g/mol. The van der Waals surface area contributed by atoms with Crippen LogP contribution in [0.25, 0.3) is 24.3 Å². The topological polar surface area (TPSA) is 98.7 Å². The van der Waals surface area contributed by atoms with Crippen LogP contribution in [0.3, 0.4) is 0 Å². The molecule has 0 bridgehead atoms. The number of ether oxygens (including phenoxy) is 1. The van der Waals surface area contributed by atoms with Crippen molar-refractivity contribution in [2.75, 3.05) is 0 Å². The van der Waals surface area contributed by atoms with Gasteiger partial charge < -0.3 is 13.6 Å². The molecule has 2 amide bonds. The maximum atomic E-state index is 13.0. The van der Waals surface area contributed by atoms with Gasteiger partial charge in [-0.05, 0) is 53.8 Å². The average Bonchev–Trinajstić information content (AvgIpc) is 3.79. The second kappa shape index (κ2) is 13.9. The SMILES string of the molecule is O=C1SC(CCc2ccc(OCc3coc(C=Cc4ccccc4)n3)cc2)C(=O)N1Cc1coc(C=Cc2ccccc2)n1. The van der Waals surface area contributed by atoms with Gasteiger partial charge in [-0.2, -0.15) is 0 Å². The molecule has 0 radical (unpaired) electrons. The Bertz CT molecular complexity index is 1760. The molecule has 9 heteroatoms. The molecule has 3 aromatic carbocycles. The predicted molar refractivity (Wildman–Crippen MR) is 170 cm³/mol. The Kier molecular flexibility index (Phi) is 9.13. The first kappa shape index (κ1) is 28.9. The normalized spacial score (nSPS) is 15.2. The molecule has 2 aromatic heterocycles. The van der Waals surface area contributed by atoms with Crippen molar-refractivity contribution in [3.05, 3.63) is 137 Å². The second-order valence-corrected chi connectivity index (χ2v) is 11.3. The molecule has 220 valence electrons. The van der Waals surface area contributed by atoms with Gasteiger partial charge in [0.15, 0.2) is 0 Å². The maximum Gasteiger partial charge on any atom is 0.289 e. The number of rotatable bonds is 12. The number of hydrogen-bond acceptors (Lipinski definition) is 8. The van der Waals surface area contributed by atoms with Gasteiger partial charge >= 0.3 is 0 Å². The van der Waals surface area contributed by atoms with Crippen LogP contribution in [0.15, 0.2) is 106 Å². The summed E-state index contributed by atoms with van der Waals surface area (Å²) in [4.78, 5) is 35.8. The Balaban J connectivity index is 0.956. The third kappa shape index (κ3) is 7.62. The Morgan fingerprint density at radius 1 is 0.750 bits per heavy atom. The molecule has 1 saturated heterocycles. The molecule has 3 heterocycles. The number of carbonyl (C=O) groups is 2. The number of carbonyl (C=O) groups excluding carboxylic acids is 2. The van der Waals surface area contributed by atoms with Crippen molar-refractivity contribution < 1.29 is 23.2 Å². The van der Waals surface area contributed by atoms with Gasteiger partial charge in [0, 0.05) is 12.2 Å². The van der Waals surface area contributed by atoms with Gasteiger partial charge in [0.25, 0.3) is 5.24 Å². The summed E-state index contributed by atoms with van der Waals surface area (Å²) in [6.45, 7) is 0.371. The van der Waals surface area contributed by atoms with Crippen LogP contribution in [-0.2, 0) is 24.4 Å². The third-order valence-corrected chi connectivity index (χ3v) is 8.05. The van der Waals surface area contributed by atoms with E-state index in [1.54, 1.807) is 12.3 Å². The molecule has 6 rings (SSSR count). The Hall–Kier alpha value is -5.15. The van der Waals surface area contributed by atoms with E-state index >= 15 is 0 Å². The molecule has 0 spiro atoms. The molecule has 44 heavy (non-hydrogen) atoms. The number of amides is 2. The highest BCUT2D eigenvalue weighted by Crippen LogP contribution is 2.31. The summed E-state index contributed by atoms with van der Waals surface area (Å²) in [6.07, 6.45) is 11.7. The fourth-order valence-corrected chi connectivity index (χ4v) is 5.58. The van der Waals surface area contributed by atoms with E-state index < -0.39 is 5.25 Å². The molecule has 0 N–H and O–H groups in total. The van der Waals surface area contributed by atoms with Gasteiger partial charge in [-0.15, -0.1) is 0 Å². The zero-order valence-electron chi connectivity index (χ0n) is 23.7. The minimum absolute atomic E-state index is 0.0895. The van der Waals surface area contributed by atoms with Crippen molar-refractivity contribution in [2.24, 2.45) is 0 Å². The molecular formula is C35H29N3O5S. The first-order valence-corrected chi connectivity index (χ1v) is 15.1.